The molecule has 0 amide bonds. The lowest BCUT2D eigenvalue weighted by Gasteiger charge is -2.20. The van der Waals surface area contributed by atoms with Gasteiger partial charge in [0.15, 0.2) is 0 Å². The first-order valence-corrected chi connectivity index (χ1v) is 6.90. The highest BCUT2D eigenvalue weighted by Crippen LogP contribution is 2.28. The molecule has 1 N–H and O–H groups in total. The van der Waals surface area contributed by atoms with Crippen LogP contribution in [-0.2, 0) is 4.74 Å². The van der Waals surface area contributed by atoms with E-state index in [4.69, 9.17) is 4.74 Å². The third-order valence-corrected chi connectivity index (χ3v) is 4.67. The van der Waals surface area contributed by atoms with Crippen LogP contribution in [0.25, 0.3) is 0 Å². The predicted molar refractivity (Wildman–Crippen MR) is 67.4 cm³/mol. The molecule has 0 saturated carbocycles. The summed E-state index contributed by atoms with van der Waals surface area (Å²) in [6.45, 7) is 5.24. The number of thiophene rings is 1. The second kappa shape index (κ2) is 4.95. The second-order valence-corrected chi connectivity index (χ2v) is 6.50. The molecule has 1 aliphatic rings. The van der Waals surface area contributed by atoms with Gasteiger partial charge in [-0.25, -0.2) is 0 Å². The van der Waals surface area contributed by atoms with Crippen molar-refractivity contribution in [3.63, 3.8) is 0 Å². The van der Waals surface area contributed by atoms with Gasteiger partial charge in [0, 0.05) is 23.6 Å². The summed E-state index contributed by atoms with van der Waals surface area (Å²) in [5.41, 5.74) is 0. The van der Waals surface area contributed by atoms with E-state index in [1.54, 1.807) is 11.3 Å². The first kappa shape index (κ1) is 11.6. The summed E-state index contributed by atoms with van der Waals surface area (Å²) in [4.78, 5) is 1.38. The third kappa shape index (κ3) is 2.81. The predicted octanol–water partition coefficient (Wildman–Crippen LogP) is 3.34. The van der Waals surface area contributed by atoms with Crippen LogP contribution in [0.4, 0.5) is 0 Å². The van der Waals surface area contributed by atoms with Gasteiger partial charge in [0.25, 0.3) is 0 Å². The largest absolute Gasteiger partial charge is 0.377 e. The molecule has 1 fully saturated rings. The van der Waals surface area contributed by atoms with Crippen molar-refractivity contribution >= 4 is 27.3 Å². The minimum atomic E-state index is 0.343. The Labute approximate surface area is 103 Å². The Morgan fingerprint density at radius 2 is 2.40 bits per heavy atom. The number of ether oxygens (including phenoxy) is 1. The SMILES string of the molecule is CC(NC1CCOC1C)c1ccc(Br)s1. The topological polar surface area (TPSA) is 21.3 Å². The zero-order chi connectivity index (χ0) is 10.8. The van der Waals surface area contributed by atoms with E-state index in [1.807, 2.05) is 0 Å². The monoisotopic (exact) mass is 289 g/mol. The van der Waals surface area contributed by atoms with Crippen LogP contribution in [-0.4, -0.2) is 18.8 Å². The highest BCUT2D eigenvalue weighted by molar-refractivity contribution is 9.11. The fourth-order valence-corrected chi connectivity index (χ4v) is 3.35. The van der Waals surface area contributed by atoms with Crippen LogP contribution in [0, 0.1) is 0 Å². The van der Waals surface area contributed by atoms with Crippen LogP contribution in [0.3, 0.4) is 0 Å². The molecule has 2 nitrogen and oxygen atoms in total. The average Bonchev–Trinajstić information content (AvgIpc) is 2.77. The minimum Gasteiger partial charge on any atom is -0.377 e. The first-order valence-electron chi connectivity index (χ1n) is 5.29. The molecule has 0 aliphatic carbocycles. The lowest BCUT2D eigenvalue weighted by Crippen LogP contribution is -2.36. The van der Waals surface area contributed by atoms with Crippen molar-refractivity contribution in [3.8, 4) is 0 Å². The summed E-state index contributed by atoms with van der Waals surface area (Å²) >= 11 is 5.28. The van der Waals surface area contributed by atoms with Crippen molar-refractivity contribution in [3.05, 3.63) is 20.8 Å². The van der Waals surface area contributed by atoms with E-state index in [9.17, 15) is 0 Å². The van der Waals surface area contributed by atoms with Gasteiger partial charge < -0.3 is 10.1 Å². The van der Waals surface area contributed by atoms with Crippen LogP contribution >= 0.6 is 27.3 Å². The average molecular weight is 290 g/mol. The molecule has 1 aromatic heterocycles. The molecule has 3 unspecified atom stereocenters. The molecule has 0 aromatic carbocycles. The Morgan fingerprint density at radius 1 is 1.60 bits per heavy atom. The minimum absolute atomic E-state index is 0.343. The van der Waals surface area contributed by atoms with Crippen LogP contribution in [0.2, 0.25) is 0 Å². The number of hydrogen-bond donors (Lipinski definition) is 1. The van der Waals surface area contributed by atoms with E-state index in [1.165, 1.54) is 8.66 Å². The summed E-state index contributed by atoms with van der Waals surface area (Å²) < 4.78 is 6.74. The smallest absolute Gasteiger partial charge is 0.0701 e. The maximum absolute atomic E-state index is 5.54. The summed E-state index contributed by atoms with van der Waals surface area (Å²) in [5, 5.41) is 3.62. The lowest BCUT2D eigenvalue weighted by atomic mass is 10.1. The van der Waals surface area contributed by atoms with E-state index >= 15 is 0 Å². The van der Waals surface area contributed by atoms with Crippen LogP contribution in [0.5, 0.6) is 0 Å². The van der Waals surface area contributed by atoms with Gasteiger partial charge in [0.05, 0.1) is 9.89 Å². The first-order chi connectivity index (χ1) is 7.16. The Balaban J connectivity index is 1.94. The molecule has 2 heterocycles. The Hall–Kier alpha value is 0.1000. The molecule has 15 heavy (non-hydrogen) atoms. The van der Waals surface area contributed by atoms with Crippen LogP contribution < -0.4 is 5.32 Å². The normalized spacial score (nSPS) is 28.2. The van der Waals surface area contributed by atoms with Gasteiger partial charge in [-0.1, -0.05) is 0 Å². The fraction of sp³-hybridized carbons (Fsp3) is 0.636. The van der Waals surface area contributed by atoms with Crippen molar-refractivity contribution in [1.29, 1.82) is 0 Å². The molecule has 84 valence electrons. The van der Waals surface area contributed by atoms with E-state index in [2.05, 4.69) is 47.2 Å². The fourth-order valence-electron chi connectivity index (χ4n) is 1.91. The van der Waals surface area contributed by atoms with Gasteiger partial charge in [-0.2, -0.15) is 0 Å². The number of rotatable bonds is 3. The molecule has 0 bridgehead atoms. The summed E-state index contributed by atoms with van der Waals surface area (Å²) in [5.74, 6) is 0. The summed E-state index contributed by atoms with van der Waals surface area (Å²) in [6.07, 6.45) is 1.47. The van der Waals surface area contributed by atoms with Crippen molar-refractivity contribution in [2.24, 2.45) is 0 Å². The van der Waals surface area contributed by atoms with Gasteiger partial charge >= 0.3 is 0 Å². The van der Waals surface area contributed by atoms with Crippen molar-refractivity contribution in [2.45, 2.75) is 38.5 Å². The van der Waals surface area contributed by atoms with Crippen molar-refractivity contribution in [2.75, 3.05) is 6.61 Å². The summed E-state index contributed by atoms with van der Waals surface area (Å²) in [7, 11) is 0. The molecule has 2 rings (SSSR count). The molecule has 1 aliphatic heterocycles. The molecule has 0 radical (unpaired) electrons. The maximum Gasteiger partial charge on any atom is 0.0701 e. The highest BCUT2D eigenvalue weighted by atomic mass is 79.9. The molecule has 3 atom stereocenters. The quantitative estimate of drug-likeness (QED) is 0.922. The number of halogens is 1. The molecule has 1 aromatic rings. The van der Waals surface area contributed by atoms with E-state index in [0.29, 0.717) is 18.2 Å². The zero-order valence-corrected chi connectivity index (χ0v) is 11.4. The zero-order valence-electron chi connectivity index (χ0n) is 9.00. The lowest BCUT2D eigenvalue weighted by molar-refractivity contribution is 0.111. The molecular weight excluding hydrogens is 274 g/mol. The standard InChI is InChI=1S/C11H16BrNOS/c1-7(10-3-4-11(12)15-10)13-9-5-6-14-8(9)2/h3-4,7-9,13H,5-6H2,1-2H3. The number of hydrogen-bond acceptors (Lipinski definition) is 3. The van der Waals surface area contributed by atoms with Crippen LogP contribution in [0.1, 0.15) is 31.2 Å². The maximum atomic E-state index is 5.54. The van der Waals surface area contributed by atoms with Gasteiger partial charge in [0.1, 0.15) is 0 Å². The van der Waals surface area contributed by atoms with E-state index in [-0.39, 0.29) is 0 Å². The van der Waals surface area contributed by atoms with Gasteiger partial charge in [-0.05, 0) is 48.3 Å². The van der Waals surface area contributed by atoms with Crippen LogP contribution in [0.15, 0.2) is 15.9 Å². The van der Waals surface area contributed by atoms with Crippen molar-refractivity contribution in [1.82, 2.24) is 5.32 Å². The third-order valence-electron chi connectivity index (χ3n) is 2.86. The number of nitrogens with one attached hydrogen (secondary N) is 1. The molecule has 1 saturated heterocycles. The molecule has 0 spiro atoms. The van der Waals surface area contributed by atoms with E-state index < -0.39 is 0 Å². The van der Waals surface area contributed by atoms with Gasteiger partial charge in [-0.3, -0.25) is 0 Å². The summed E-state index contributed by atoms with van der Waals surface area (Å²) in [6, 6.07) is 5.19. The Bertz CT molecular complexity index is 328. The van der Waals surface area contributed by atoms with Crippen molar-refractivity contribution < 1.29 is 4.74 Å². The Morgan fingerprint density at radius 3 is 2.93 bits per heavy atom. The van der Waals surface area contributed by atoms with Gasteiger partial charge in [-0.15, -0.1) is 11.3 Å². The van der Waals surface area contributed by atoms with E-state index in [0.717, 1.165) is 13.0 Å². The second-order valence-electron chi connectivity index (χ2n) is 4.00. The van der Waals surface area contributed by atoms with Gasteiger partial charge in [0.2, 0.25) is 0 Å². The Kier molecular flexibility index (Phi) is 3.83. The highest BCUT2D eigenvalue weighted by Gasteiger charge is 2.25. The molecule has 4 heteroatoms. The molecular formula is C11H16BrNOS.